The summed E-state index contributed by atoms with van der Waals surface area (Å²) in [6, 6.07) is 11.5. The van der Waals surface area contributed by atoms with Gasteiger partial charge in [0.25, 0.3) is 5.91 Å². The molecule has 0 saturated heterocycles. The molecular formula is C16H14N2O4. The van der Waals surface area contributed by atoms with Gasteiger partial charge in [-0.3, -0.25) is 9.59 Å². The molecule has 6 heteroatoms. The Hall–Kier alpha value is -3.02. The number of hydrogen-bond acceptors (Lipinski definition) is 4. The number of ether oxygens (including phenoxy) is 2. The minimum Gasteiger partial charge on any atom is -0.486 e. The summed E-state index contributed by atoms with van der Waals surface area (Å²) in [7, 11) is 0. The fourth-order valence-electron chi connectivity index (χ4n) is 2.22. The second kappa shape index (κ2) is 5.77. The van der Waals surface area contributed by atoms with Crippen LogP contribution >= 0.6 is 0 Å². The van der Waals surface area contributed by atoms with Crippen LogP contribution in [0.3, 0.4) is 0 Å². The molecule has 0 aliphatic carbocycles. The number of fused-ring (bicyclic) bond motifs is 1. The van der Waals surface area contributed by atoms with Crippen LogP contribution in [-0.2, 0) is 0 Å². The maximum absolute atomic E-state index is 12.3. The van der Waals surface area contributed by atoms with Crippen molar-refractivity contribution in [2.45, 2.75) is 0 Å². The van der Waals surface area contributed by atoms with Gasteiger partial charge in [0.1, 0.15) is 13.2 Å². The Morgan fingerprint density at radius 1 is 0.955 bits per heavy atom. The van der Waals surface area contributed by atoms with Gasteiger partial charge >= 0.3 is 0 Å². The highest BCUT2D eigenvalue weighted by atomic mass is 16.6. The van der Waals surface area contributed by atoms with Crippen molar-refractivity contribution < 1.29 is 19.1 Å². The first-order chi connectivity index (χ1) is 10.6. The van der Waals surface area contributed by atoms with E-state index in [4.69, 9.17) is 15.2 Å². The first-order valence-electron chi connectivity index (χ1n) is 6.75. The normalized spacial score (nSPS) is 12.5. The van der Waals surface area contributed by atoms with E-state index < -0.39 is 11.8 Å². The Kier molecular flexibility index (Phi) is 3.65. The second-order valence-electron chi connectivity index (χ2n) is 4.72. The number of nitrogens with one attached hydrogen (secondary N) is 1. The predicted octanol–water partition coefficient (Wildman–Crippen LogP) is 1.81. The molecule has 2 aromatic rings. The SMILES string of the molecule is NC(=O)c1ccccc1C(=O)Nc1ccc2c(c1)OCCO2. The fraction of sp³-hybridized carbons (Fsp3) is 0.125. The molecule has 22 heavy (non-hydrogen) atoms. The van der Waals surface area contributed by atoms with Crippen molar-refractivity contribution in [1.29, 1.82) is 0 Å². The van der Waals surface area contributed by atoms with Gasteiger partial charge < -0.3 is 20.5 Å². The van der Waals surface area contributed by atoms with E-state index in [1.54, 1.807) is 36.4 Å². The molecular weight excluding hydrogens is 284 g/mol. The summed E-state index contributed by atoms with van der Waals surface area (Å²) in [5.41, 5.74) is 6.24. The molecule has 0 radical (unpaired) electrons. The summed E-state index contributed by atoms with van der Waals surface area (Å²) < 4.78 is 10.9. The van der Waals surface area contributed by atoms with Gasteiger partial charge in [-0.25, -0.2) is 0 Å². The van der Waals surface area contributed by atoms with Gasteiger partial charge in [-0.05, 0) is 24.3 Å². The summed E-state index contributed by atoms with van der Waals surface area (Å²) in [4.78, 5) is 23.7. The molecule has 2 aromatic carbocycles. The molecule has 1 aliphatic heterocycles. The monoisotopic (exact) mass is 298 g/mol. The quantitative estimate of drug-likeness (QED) is 0.904. The lowest BCUT2D eigenvalue weighted by Gasteiger charge is -2.19. The Balaban J connectivity index is 1.84. The molecule has 0 aromatic heterocycles. The molecule has 2 amide bonds. The Labute approximate surface area is 126 Å². The van der Waals surface area contributed by atoms with Crippen LogP contribution in [0, 0.1) is 0 Å². The lowest BCUT2D eigenvalue weighted by molar-refractivity contribution is 0.0977. The zero-order chi connectivity index (χ0) is 15.5. The van der Waals surface area contributed by atoms with Crippen molar-refractivity contribution in [3.8, 4) is 11.5 Å². The van der Waals surface area contributed by atoms with Crippen LogP contribution in [0.25, 0.3) is 0 Å². The fourth-order valence-corrected chi connectivity index (χ4v) is 2.22. The van der Waals surface area contributed by atoms with Crippen LogP contribution in [0.1, 0.15) is 20.7 Å². The van der Waals surface area contributed by atoms with Crippen molar-refractivity contribution in [3.63, 3.8) is 0 Å². The van der Waals surface area contributed by atoms with Crippen molar-refractivity contribution in [3.05, 3.63) is 53.6 Å². The van der Waals surface area contributed by atoms with Crippen LogP contribution in [-0.4, -0.2) is 25.0 Å². The van der Waals surface area contributed by atoms with E-state index in [2.05, 4.69) is 5.32 Å². The lowest BCUT2D eigenvalue weighted by atomic mass is 10.1. The van der Waals surface area contributed by atoms with E-state index in [9.17, 15) is 9.59 Å². The first-order valence-corrected chi connectivity index (χ1v) is 6.75. The highest BCUT2D eigenvalue weighted by Crippen LogP contribution is 2.32. The summed E-state index contributed by atoms with van der Waals surface area (Å²) in [6.45, 7) is 0.972. The maximum atomic E-state index is 12.3. The molecule has 6 nitrogen and oxygen atoms in total. The van der Waals surface area contributed by atoms with Crippen molar-refractivity contribution in [1.82, 2.24) is 0 Å². The van der Waals surface area contributed by atoms with E-state index in [1.165, 1.54) is 6.07 Å². The Bertz CT molecular complexity index is 743. The van der Waals surface area contributed by atoms with E-state index >= 15 is 0 Å². The molecule has 1 aliphatic rings. The van der Waals surface area contributed by atoms with Gasteiger partial charge in [-0.15, -0.1) is 0 Å². The van der Waals surface area contributed by atoms with Gasteiger partial charge in [-0.2, -0.15) is 0 Å². The molecule has 0 bridgehead atoms. The third-order valence-corrected chi connectivity index (χ3v) is 3.24. The highest BCUT2D eigenvalue weighted by Gasteiger charge is 2.16. The Morgan fingerprint density at radius 2 is 1.64 bits per heavy atom. The third-order valence-electron chi connectivity index (χ3n) is 3.24. The molecule has 0 saturated carbocycles. The average Bonchev–Trinajstić information content (AvgIpc) is 2.54. The topological polar surface area (TPSA) is 90.7 Å². The number of carbonyl (C=O) groups excluding carboxylic acids is 2. The number of anilines is 1. The van der Waals surface area contributed by atoms with Crippen LogP contribution in [0.4, 0.5) is 5.69 Å². The van der Waals surface area contributed by atoms with E-state index in [0.717, 1.165) is 0 Å². The molecule has 0 spiro atoms. The second-order valence-corrected chi connectivity index (χ2v) is 4.72. The average molecular weight is 298 g/mol. The summed E-state index contributed by atoms with van der Waals surface area (Å²) >= 11 is 0. The van der Waals surface area contributed by atoms with E-state index in [1.807, 2.05) is 0 Å². The predicted molar refractivity (Wildman–Crippen MR) is 80.3 cm³/mol. The highest BCUT2D eigenvalue weighted by molar-refractivity contribution is 6.11. The zero-order valence-corrected chi connectivity index (χ0v) is 11.7. The lowest BCUT2D eigenvalue weighted by Crippen LogP contribution is -2.20. The maximum Gasteiger partial charge on any atom is 0.256 e. The van der Waals surface area contributed by atoms with Crippen LogP contribution in [0.2, 0.25) is 0 Å². The van der Waals surface area contributed by atoms with Crippen molar-refractivity contribution >= 4 is 17.5 Å². The number of benzene rings is 2. The number of nitrogens with two attached hydrogens (primary N) is 1. The molecule has 3 N–H and O–H groups in total. The molecule has 3 rings (SSSR count). The van der Waals surface area contributed by atoms with Crippen molar-refractivity contribution in [2.75, 3.05) is 18.5 Å². The van der Waals surface area contributed by atoms with Gasteiger partial charge in [0.15, 0.2) is 11.5 Å². The standard InChI is InChI=1S/C16H14N2O4/c17-15(19)11-3-1-2-4-12(11)16(20)18-10-5-6-13-14(9-10)22-8-7-21-13/h1-6,9H,7-8H2,(H2,17,19)(H,18,20). The minimum atomic E-state index is -0.645. The Morgan fingerprint density at radius 3 is 2.36 bits per heavy atom. The van der Waals surface area contributed by atoms with Gasteiger partial charge in [-0.1, -0.05) is 12.1 Å². The zero-order valence-electron chi connectivity index (χ0n) is 11.7. The van der Waals surface area contributed by atoms with Crippen LogP contribution in [0.15, 0.2) is 42.5 Å². The van der Waals surface area contributed by atoms with Crippen LogP contribution in [0.5, 0.6) is 11.5 Å². The largest absolute Gasteiger partial charge is 0.486 e. The summed E-state index contributed by atoms with van der Waals surface area (Å²) in [5.74, 6) is 0.160. The van der Waals surface area contributed by atoms with E-state index in [-0.39, 0.29) is 11.1 Å². The third kappa shape index (κ3) is 2.71. The molecule has 112 valence electrons. The van der Waals surface area contributed by atoms with Crippen molar-refractivity contribution in [2.24, 2.45) is 5.73 Å². The summed E-state index contributed by atoms with van der Waals surface area (Å²) in [5, 5.41) is 2.72. The minimum absolute atomic E-state index is 0.178. The van der Waals surface area contributed by atoms with E-state index in [0.29, 0.717) is 30.4 Å². The number of hydrogen-bond donors (Lipinski definition) is 2. The molecule has 0 fully saturated rings. The van der Waals surface area contributed by atoms with Gasteiger partial charge in [0.05, 0.1) is 11.1 Å². The summed E-state index contributed by atoms with van der Waals surface area (Å²) in [6.07, 6.45) is 0. The molecule has 0 unspecified atom stereocenters. The first kappa shape index (κ1) is 13.9. The van der Waals surface area contributed by atoms with Crippen LogP contribution < -0.4 is 20.5 Å². The number of carbonyl (C=O) groups is 2. The number of rotatable bonds is 3. The number of amides is 2. The smallest absolute Gasteiger partial charge is 0.256 e. The molecule has 0 atom stereocenters. The van der Waals surface area contributed by atoms with Gasteiger partial charge in [0, 0.05) is 11.8 Å². The van der Waals surface area contributed by atoms with Gasteiger partial charge in [0.2, 0.25) is 5.91 Å². The number of primary amides is 1. The molecule has 1 heterocycles.